The zero-order valence-corrected chi connectivity index (χ0v) is 7.77. The van der Waals surface area contributed by atoms with Crippen LogP contribution in [0.2, 0.25) is 0 Å². The van der Waals surface area contributed by atoms with Crippen LogP contribution in [0.25, 0.3) is 0 Å². The van der Waals surface area contributed by atoms with E-state index in [0.29, 0.717) is 0 Å². The smallest absolute Gasteiger partial charge is 0.108 e. The molecule has 0 aromatic rings. The van der Waals surface area contributed by atoms with Crippen LogP contribution in [0.3, 0.4) is 0 Å². The molecule has 0 radical (unpaired) electrons. The summed E-state index contributed by atoms with van der Waals surface area (Å²) < 4.78 is 5.21. The summed E-state index contributed by atoms with van der Waals surface area (Å²) in [6.45, 7) is 4.89. The second-order valence-corrected chi connectivity index (χ2v) is 3.13. The zero-order chi connectivity index (χ0) is 9.72. The molecule has 0 aliphatic carbocycles. The van der Waals surface area contributed by atoms with Crippen LogP contribution in [-0.4, -0.2) is 46.3 Å². The second kappa shape index (κ2) is 5.48. The van der Waals surface area contributed by atoms with Crippen LogP contribution >= 0.6 is 0 Å². The molecule has 0 saturated carbocycles. The van der Waals surface area contributed by atoms with Gasteiger partial charge in [0.1, 0.15) is 12.2 Å². The molecular weight excluding hydrogens is 160 g/mol. The van der Waals surface area contributed by atoms with Gasteiger partial charge in [-0.2, -0.15) is 0 Å². The van der Waals surface area contributed by atoms with Crippen LogP contribution in [0.4, 0.5) is 0 Å². The maximum Gasteiger partial charge on any atom is 0.108 e. The highest BCUT2D eigenvalue weighted by molar-refractivity contribution is 4.72. The van der Waals surface area contributed by atoms with E-state index in [1.165, 1.54) is 0 Å². The number of ether oxygens (including phenoxy) is 1. The van der Waals surface area contributed by atoms with E-state index in [1.54, 1.807) is 6.92 Å². The van der Waals surface area contributed by atoms with Gasteiger partial charge in [-0.15, -0.1) is 0 Å². The molecule has 4 nitrogen and oxygen atoms in total. The van der Waals surface area contributed by atoms with E-state index < -0.39 is 24.9 Å². The van der Waals surface area contributed by atoms with Crippen LogP contribution in [0.1, 0.15) is 20.8 Å². The molecule has 0 aromatic heterocycles. The Morgan fingerprint density at radius 2 is 1.67 bits per heavy atom. The first-order valence-electron chi connectivity index (χ1n) is 4.11. The first-order valence-corrected chi connectivity index (χ1v) is 4.11. The van der Waals surface area contributed by atoms with Crippen molar-refractivity contribution in [1.29, 1.82) is 0 Å². The number of rotatable bonds is 5. The molecule has 0 heterocycles. The molecule has 0 aliphatic rings. The molecule has 74 valence electrons. The summed E-state index contributed by atoms with van der Waals surface area (Å²) in [7, 11) is 0. The van der Waals surface area contributed by atoms with Gasteiger partial charge < -0.3 is 20.1 Å². The van der Waals surface area contributed by atoms with Crippen molar-refractivity contribution < 1.29 is 20.1 Å². The van der Waals surface area contributed by atoms with Gasteiger partial charge in [0.05, 0.1) is 18.8 Å². The predicted octanol–water partition coefficient (Wildman–Crippen LogP) is -0.486. The van der Waals surface area contributed by atoms with E-state index in [0.717, 1.165) is 0 Å². The molecule has 0 aliphatic heterocycles. The monoisotopic (exact) mass is 178 g/mol. The third-order valence-corrected chi connectivity index (χ3v) is 1.55. The Balaban J connectivity index is 3.83. The Kier molecular flexibility index (Phi) is 5.41. The van der Waals surface area contributed by atoms with Crippen LogP contribution in [0.5, 0.6) is 0 Å². The molecule has 0 saturated heterocycles. The summed E-state index contributed by atoms with van der Waals surface area (Å²) >= 11 is 0. The predicted molar refractivity (Wildman–Crippen MR) is 44.8 cm³/mol. The van der Waals surface area contributed by atoms with Crippen LogP contribution < -0.4 is 0 Å². The van der Waals surface area contributed by atoms with Crippen molar-refractivity contribution >= 4 is 0 Å². The zero-order valence-electron chi connectivity index (χ0n) is 7.77. The molecule has 3 atom stereocenters. The lowest BCUT2D eigenvalue weighted by Crippen LogP contribution is -2.40. The largest absolute Gasteiger partial charge is 0.394 e. The molecule has 0 amide bonds. The van der Waals surface area contributed by atoms with Crippen molar-refractivity contribution in [3.63, 3.8) is 0 Å². The minimum Gasteiger partial charge on any atom is -0.394 e. The van der Waals surface area contributed by atoms with Gasteiger partial charge in [-0.3, -0.25) is 0 Å². The third kappa shape index (κ3) is 4.01. The van der Waals surface area contributed by atoms with Crippen LogP contribution in [0.15, 0.2) is 0 Å². The average molecular weight is 178 g/mol. The molecule has 12 heavy (non-hydrogen) atoms. The standard InChI is InChI=1S/C8H18O4/c1-5(2)12-6(3)8(11)7(10)4-9/h5-11H,4H2,1-3H3/t6?,7-,8?/m1/s1. The van der Waals surface area contributed by atoms with Crippen LogP contribution in [-0.2, 0) is 4.74 Å². The summed E-state index contributed by atoms with van der Waals surface area (Å²) in [6, 6.07) is 0. The quantitative estimate of drug-likeness (QED) is 0.531. The lowest BCUT2D eigenvalue weighted by Gasteiger charge is -2.24. The summed E-state index contributed by atoms with van der Waals surface area (Å²) in [5.41, 5.74) is 0. The highest BCUT2D eigenvalue weighted by Gasteiger charge is 2.23. The topological polar surface area (TPSA) is 69.9 Å². The van der Waals surface area contributed by atoms with E-state index in [-0.39, 0.29) is 6.10 Å². The molecular formula is C8H18O4. The van der Waals surface area contributed by atoms with Gasteiger partial charge in [-0.05, 0) is 20.8 Å². The summed E-state index contributed by atoms with van der Waals surface area (Å²) in [5, 5.41) is 26.9. The highest BCUT2D eigenvalue weighted by atomic mass is 16.5. The maximum atomic E-state index is 9.30. The van der Waals surface area contributed by atoms with E-state index in [4.69, 9.17) is 14.9 Å². The minimum absolute atomic E-state index is 0.000503. The highest BCUT2D eigenvalue weighted by Crippen LogP contribution is 2.06. The number of hydrogen-bond donors (Lipinski definition) is 3. The van der Waals surface area contributed by atoms with Crippen molar-refractivity contribution in [3.8, 4) is 0 Å². The average Bonchev–Trinajstić information content (AvgIpc) is 2.00. The van der Waals surface area contributed by atoms with Gasteiger partial charge in [-0.25, -0.2) is 0 Å². The Bertz CT molecular complexity index is 116. The Morgan fingerprint density at radius 3 is 2.00 bits per heavy atom. The summed E-state index contributed by atoms with van der Waals surface area (Å²) in [4.78, 5) is 0. The molecule has 0 bridgehead atoms. The van der Waals surface area contributed by atoms with Gasteiger partial charge in [0.2, 0.25) is 0 Å². The van der Waals surface area contributed by atoms with E-state index in [1.807, 2.05) is 13.8 Å². The van der Waals surface area contributed by atoms with E-state index in [2.05, 4.69) is 0 Å². The Morgan fingerprint density at radius 1 is 1.17 bits per heavy atom. The van der Waals surface area contributed by atoms with Crippen molar-refractivity contribution in [1.82, 2.24) is 0 Å². The normalized spacial score (nSPS) is 19.2. The third-order valence-electron chi connectivity index (χ3n) is 1.55. The fourth-order valence-electron chi connectivity index (χ4n) is 0.931. The van der Waals surface area contributed by atoms with Gasteiger partial charge in [0.25, 0.3) is 0 Å². The fraction of sp³-hybridized carbons (Fsp3) is 1.00. The molecule has 0 fully saturated rings. The maximum absolute atomic E-state index is 9.30. The van der Waals surface area contributed by atoms with Crippen molar-refractivity contribution in [2.24, 2.45) is 0 Å². The Hall–Kier alpha value is -0.160. The van der Waals surface area contributed by atoms with Crippen LogP contribution in [0, 0.1) is 0 Å². The van der Waals surface area contributed by atoms with Gasteiger partial charge in [-0.1, -0.05) is 0 Å². The summed E-state index contributed by atoms with van der Waals surface area (Å²) in [5.74, 6) is 0. The van der Waals surface area contributed by atoms with Gasteiger partial charge in [0.15, 0.2) is 0 Å². The number of aliphatic hydroxyl groups is 3. The van der Waals surface area contributed by atoms with Crippen molar-refractivity contribution in [2.45, 2.75) is 45.2 Å². The molecule has 0 spiro atoms. The molecule has 0 rings (SSSR count). The van der Waals surface area contributed by atoms with Crippen molar-refractivity contribution in [3.05, 3.63) is 0 Å². The van der Waals surface area contributed by atoms with E-state index in [9.17, 15) is 5.11 Å². The summed E-state index contributed by atoms with van der Waals surface area (Å²) in [6.07, 6.45) is -2.62. The number of hydrogen-bond acceptors (Lipinski definition) is 4. The number of aliphatic hydroxyl groups excluding tert-OH is 3. The minimum atomic E-state index is -1.13. The molecule has 2 unspecified atom stereocenters. The second-order valence-electron chi connectivity index (χ2n) is 3.13. The lowest BCUT2D eigenvalue weighted by atomic mass is 10.1. The first kappa shape index (κ1) is 11.8. The van der Waals surface area contributed by atoms with Gasteiger partial charge >= 0.3 is 0 Å². The molecule has 4 heteroatoms. The lowest BCUT2D eigenvalue weighted by molar-refractivity contribution is -0.109. The molecule has 0 aromatic carbocycles. The first-order chi connectivity index (χ1) is 5.49. The SMILES string of the molecule is CC(C)OC(C)C(O)[C@H](O)CO. The van der Waals surface area contributed by atoms with Crippen molar-refractivity contribution in [2.75, 3.05) is 6.61 Å². The van der Waals surface area contributed by atoms with E-state index >= 15 is 0 Å². The molecule has 3 N–H and O–H groups in total. The van der Waals surface area contributed by atoms with Gasteiger partial charge in [0, 0.05) is 0 Å². The fourth-order valence-corrected chi connectivity index (χ4v) is 0.931. The Labute approximate surface area is 72.8 Å².